The fourth-order valence-electron chi connectivity index (χ4n) is 3.17. The Kier molecular flexibility index (Phi) is 5.86. The number of hydrogen-bond acceptors (Lipinski definition) is 3. The van der Waals surface area contributed by atoms with Gasteiger partial charge in [-0.25, -0.2) is 0 Å². The predicted octanol–water partition coefficient (Wildman–Crippen LogP) is 2.75. The van der Waals surface area contributed by atoms with Gasteiger partial charge in [-0.05, 0) is 32.0 Å². The quantitative estimate of drug-likeness (QED) is 0.865. The molecular formula is C17H28N2O. The SMILES string of the molecule is CN(CC(O)CN(C)C1CCCCC1)c1ccccc1. The number of anilines is 1. The van der Waals surface area contributed by atoms with Crippen LogP contribution in [0.25, 0.3) is 0 Å². The van der Waals surface area contributed by atoms with Crippen molar-refractivity contribution in [3.63, 3.8) is 0 Å². The van der Waals surface area contributed by atoms with Gasteiger partial charge in [-0.1, -0.05) is 37.5 Å². The molecule has 1 atom stereocenters. The Hall–Kier alpha value is -1.06. The van der Waals surface area contributed by atoms with Crippen molar-refractivity contribution in [1.82, 2.24) is 4.90 Å². The predicted molar refractivity (Wildman–Crippen MR) is 85.2 cm³/mol. The van der Waals surface area contributed by atoms with Crippen molar-refractivity contribution >= 4 is 5.69 Å². The van der Waals surface area contributed by atoms with E-state index in [-0.39, 0.29) is 6.10 Å². The second-order valence-electron chi connectivity index (χ2n) is 6.10. The molecule has 2 rings (SSSR count). The molecule has 0 saturated heterocycles. The zero-order valence-electron chi connectivity index (χ0n) is 12.8. The number of rotatable bonds is 6. The maximum absolute atomic E-state index is 10.3. The monoisotopic (exact) mass is 276 g/mol. The summed E-state index contributed by atoms with van der Waals surface area (Å²) in [6.07, 6.45) is 6.34. The number of hydrogen-bond donors (Lipinski definition) is 1. The van der Waals surface area contributed by atoms with Gasteiger partial charge in [0, 0.05) is 31.9 Å². The standard InChI is InChI=1S/C17H28N2O/c1-18(15-9-5-3-6-10-15)13-17(20)14-19(2)16-11-7-4-8-12-16/h3,5-6,9-10,16-17,20H,4,7-8,11-14H2,1-2H3. The first-order valence-electron chi connectivity index (χ1n) is 7.81. The molecule has 1 aromatic rings. The molecule has 112 valence electrons. The fraction of sp³-hybridized carbons (Fsp3) is 0.647. The van der Waals surface area contributed by atoms with Crippen molar-refractivity contribution in [1.29, 1.82) is 0 Å². The van der Waals surface area contributed by atoms with Gasteiger partial charge in [0.25, 0.3) is 0 Å². The van der Waals surface area contributed by atoms with Crippen LogP contribution in [0.5, 0.6) is 0 Å². The van der Waals surface area contributed by atoms with Crippen LogP contribution in [0.2, 0.25) is 0 Å². The summed E-state index contributed by atoms with van der Waals surface area (Å²) in [5, 5.41) is 10.3. The Morgan fingerprint density at radius 3 is 2.35 bits per heavy atom. The first-order valence-corrected chi connectivity index (χ1v) is 7.81. The summed E-state index contributed by atoms with van der Waals surface area (Å²) in [5.41, 5.74) is 1.16. The third kappa shape index (κ3) is 4.50. The van der Waals surface area contributed by atoms with E-state index >= 15 is 0 Å². The summed E-state index contributed by atoms with van der Waals surface area (Å²) in [5.74, 6) is 0. The first kappa shape index (κ1) is 15.3. The van der Waals surface area contributed by atoms with Crippen LogP contribution in [-0.2, 0) is 0 Å². The topological polar surface area (TPSA) is 26.7 Å². The Labute approximate surface area is 123 Å². The van der Waals surface area contributed by atoms with Crippen LogP contribution in [0.4, 0.5) is 5.69 Å². The van der Waals surface area contributed by atoms with Crippen molar-refractivity contribution in [2.24, 2.45) is 0 Å². The normalized spacial score (nSPS) is 18.2. The summed E-state index contributed by atoms with van der Waals surface area (Å²) in [6, 6.07) is 10.9. The van der Waals surface area contributed by atoms with Gasteiger partial charge in [0.15, 0.2) is 0 Å². The lowest BCUT2D eigenvalue weighted by atomic mass is 9.94. The smallest absolute Gasteiger partial charge is 0.0841 e. The molecule has 1 aromatic carbocycles. The molecule has 1 fully saturated rings. The van der Waals surface area contributed by atoms with Crippen LogP contribution < -0.4 is 4.90 Å². The van der Waals surface area contributed by atoms with Gasteiger partial charge < -0.3 is 14.9 Å². The van der Waals surface area contributed by atoms with E-state index in [4.69, 9.17) is 0 Å². The lowest BCUT2D eigenvalue weighted by Crippen LogP contribution is -2.42. The van der Waals surface area contributed by atoms with Crippen molar-refractivity contribution in [3.05, 3.63) is 30.3 Å². The lowest BCUT2D eigenvalue weighted by molar-refractivity contribution is 0.0956. The number of benzene rings is 1. The molecule has 1 aliphatic carbocycles. The minimum Gasteiger partial charge on any atom is -0.390 e. The van der Waals surface area contributed by atoms with Crippen LogP contribution in [-0.4, -0.2) is 49.3 Å². The van der Waals surface area contributed by atoms with E-state index in [0.717, 1.165) is 12.2 Å². The average molecular weight is 276 g/mol. The van der Waals surface area contributed by atoms with Crippen molar-refractivity contribution in [2.75, 3.05) is 32.1 Å². The maximum Gasteiger partial charge on any atom is 0.0841 e. The molecule has 1 aliphatic rings. The van der Waals surface area contributed by atoms with E-state index in [0.29, 0.717) is 12.6 Å². The van der Waals surface area contributed by atoms with Gasteiger partial charge in [-0.15, -0.1) is 0 Å². The van der Waals surface area contributed by atoms with E-state index in [9.17, 15) is 5.11 Å². The van der Waals surface area contributed by atoms with E-state index in [1.807, 2.05) is 25.2 Å². The van der Waals surface area contributed by atoms with Crippen LogP contribution in [0.15, 0.2) is 30.3 Å². The third-order valence-electron chi connectivity index (χ3n) is 4.38. The van der Waals surface area contributed by atoms with Crippen molar-refractivity contribution in [2.45, 2.75) is 44.2 Å². The Balaban J connectivity index is 1.78. The summed E-state index contributed by atoms with van der Waals surface area (Å²) in [4.78, 5) is 4.47. The molecule has 1 unspecified atom stereocenters. The van der Waals surface area contributed by atoms with Gasteiger partial charge in [0.2, 0.25) is 0 Å². The number of nitrogens with zero attached hydrogens (tertiary/aromatic N) is 2. The van der Waals surface area contributed by atoms with Crippen molar-refractivity contribution in [3.8, 4) is 0 Å². The van der Waals surface area contributed by atoms with E-state index in [2.05, 4.69) is 29.0 Å². The summed E-state index contributed by atoms with van der Waals surface area (Å²) >= 11 is 0. The number of para-hydroxylation sites is 1. The number of aliphatic hydroxyl groups is 1. The van der Waals surface area contributed by atoms with E-state index in [1.54, 1.807) is 0 Å². The number of aliphatic hydroxyl groups excluding tert-OH is 1. The maximum atomic E-state index is 10.3. The molecule has 0 heterocycles. The fourth-order valence-corrected chi connectivity index (χ4v) is 3.17. The minimum absolute atomic E-state index is 0.299. The highest BCUT2D eigenvalue weighted by Crippen LogP contribution is 2.21. The molecular weight excluding hydrogens is 248 g/mol. The van der Waals surface area contributed by atoms with Crippen LogP contribution in [0.1, 0.15) is 32.1 Å². The molecule has 0 spiro atoms. The Morgan fingerprint density at radius 2 is 1.70 bits per heavy atom. The summed E-state index contributed by atoms with van der Waals surface area (Å²) in [6.45, 7) is 1.45. The Bertz CT molecular complexity index is 376. The largest absolute Gasteiger partial charge is 0.390 e. The molecule has 1 saturated carbocycles. The van der Waals surface area contributed by atoms with Gasteiger partial charge in [0.05, 0.1) is 6.10 Å². The minimum atomic E-state index is -0.299. The second kappa shape index (κ2) is 7.65. The Morgan fingerprint density at radius 1 is 1.05 bits per heavy atom. The molecule has 0 aliphatic heterocycles. The molecule has 3 nitrogen and oxygen atoms in total. The highest BCUT2D eigenvalue weighted by atomic mass is 16.3. The first-order chi connectivity index (χ1) is 9.66. The van der Waals surface area contributed by atoms with Crippen LogP contribution >= 0.6 is 0 Å². The zero-order valence-corrected chi connectivity index (χ0v) is 12.8. The lowest BCUT2D eigenvalue weighted by Gasteiger charge is -2.33. The van der Waals surface area contributed by atoms with E-state index in [1.165, 1.54) is 32.1 Å². The van der Waals surface area contributed by atoms with Gasteiger partial charge in [-0.2, -0.15) is 0 Å². The molecule has 0 aromatic heterocycles. The summed E-state index contributed by atoms with van der Waals surface area (Å²) < 4.78 is 0. The molecule has 0 amide bonds. The van der Waals surface area contributed by atoms with Gasteiger partial charge in [-0.3, -0.25) is 0 Å². The number of likely N-dealkylation sites (N-methyl/N-ethyl adjacent to an activating group) is 2. The van der Waals surface area contributed by atoms with E-state index < -0.39 is 0 Å². The third-order valence-corrected chi connectivity index (χ3v) is 4.38. The average Bonchev–Trinajstić information content (AvgIpc) is 2.49. The van der Waals surface area contributed by atoms with Crippen molar-refractivity contribution < 1.29 is 5.11 Å². The molecule has 0 radical (unpaired) electrons. The molecule has 20 heavy (non-hydrogen) atoms. The summed E-state index contributed by atoms with van der Waals surface area (Å²) in [7, 11) is 4.20. The second-order valence-corrected chi connectivity index (χ2v) is 6.10. The molecule has 3 heteroatoms. The van der Waals surface area contributed by atoms with Gasteiger partial charge >= 0.3 is 0 Å². The highest BCUT2D eigenvalue weighted by Gasteiger charge is 2.20. The van der Waals surface area contributed by atoms with Crippen LogP contribution in [0.3, 0.4) is 0 Å². The zero-order chi connectivity index (χ0) is 14.4. The molecule has 1 N–H and O–H groups in total. The highest BCUT2D eigenvalue weighted by molar-refractivity contribution is 5.45. The van der Waals surface area contributed by atoms with Crippen LogP contribution in [0, 0.1) is 0 Å². The van der Waals surface area contributed by atoms with Gasteiger partial charge in [0.1, 0.15) is 0 Å². The molecule has 0 bridgehead atoms.